The zero-order chi connectivity index (χ0) is 17.3. The van der Waals surface area contributed by atoms with Gasteiger partial charge in [0.1, 0.15) is 0 Å². The molecule has 0 radical (unpaired) electrons. The first-order chi connectivity index (χ1) is 12.3. The molecule has 25 heavy (non-hydrogen) atoms. The van der Waals surface area contributed by atoms with E-state index in [2.05, 4.69) is 14.9 Å². The van der Waals surface area contributed by atoms with Gasteiger partial charge in [0, 0.05) is 25.5 Å². The SMILES string of the molecule is O=C(NCCCCn1ccnc1)C(c1ccccc1)c1ccccc1. The zero-order valence-electron chi connectivity index (χ0n) is 14.2. The topological polar surface area (TPSA) is 46.9 Å². The summed E-state index contributed by atoms with van der Waals surface area (Å²) in [6, 6.07) is 19.9. The lowest BCUT2D eigenvalue weighted by atomic mass is 9.90. The van der Waals surface area contributed by atoms with Crippen molar-refractivity contribution in [3.8, 4) is 0 Å². The molecule has 0 unspecified atom stereocenters. The molecule has 1 amide bonds. The first-order valence-electron chi connectivity index (χ1n) is 8.68. The highest BCUT2D eigenvalue weighted by atomic mass is 16.1. The molecule has 4 heteroatoms. The van der Waals surface area contributed by atoms with Crippen LogP contribution in [-0.4, -0.2) is 22.0 Å². The van der Waals surface area contributed by atoms with E-state index < -0.39 is 0 Å². The minimum atomic E-state index is -0.268. The van der Waals surface area contributed by atoms with Crippen LogP contribution in [0.4, 0.5) is 0 Å². The number of aryl methyl sites for hydroxylation is 1. The Labute approximate surface area is 148 Å². The number of rotatable bonds is 8. The summed E-state index contributed by atoms with van der Waals surface area (Å²) in [5, 5.41) is 3.10. The molecule has 3 aromatic rings. The Morgan fingerprint density at radius 1 is 0.960 bits per heavy atom. The summed E-state index contributed by atoms with van der Waals surface area (Å²) in [4.78, 5) is 16.8. The molecule has 1 heterocycles. The van der Waals surface area contributed by atoms with Crippen LogP contribution < -0.4 is 5.32 Å². The number of hydrogen-bond donors (Lipinski definition) is 1. The minimum Gasteiger partial charge on any atom is -0.355 e. The molecular formula is C21H23N3O. The Bertz CT molecular complexity index is 715. The molecule has 1 aromatic heterocycles. The maximum absolute atomic E-state index is 12.8. The standard InChI is InChI=1S/C21H23N3O/c25-21(23-13-7-8-15-24-16-14-22-17-24)20(18-9-3-1-4-10-18)19-11-5-2-6-12-19/h1-6,9-12,14,16-17,20H,7-8,13,15H2,(H,23,25). The number of amides is 1. The second kappa shape index (κ2) is 8.83. The molecule has 128 valence electrons. The second-order valence-electron chi connectivity index (χ2n) is 6.05. The fraction of sp³-hybridized carbons (Fsp3) is 0.238. The molecule has 0 saturated heterocycles. The van der Waals surface area contributed by atoms with Gasteiger partial charge >= 0.3 is 0 Å². The molecule has 0 atom stereocenters. The summed E-state index contributed by atoms with van der Waals surface area (Å²) in [5.74, 6) is -0.212. The molecule has 0 spiro atoms. The lowest BCUT2D eigenvalue weighted by molar-refractivity contribution is -0.121. The van der Waals surface area contributed by atoms with Gasteiger partial charge in [-0.25, -0.2) is 4.98 Å². The van der Waals surface area contributed by atoms with E-state index in [-0.39, 0.29) is 11.8 Å². The van der Waals surface area contributed by atoms with E-state index in [1.807, 2.05) is 73.2 Å². The van der Waals surface area contributed by atoms with E-state index >= 15 is 0 Å². The van der Waals surface area contributed by atoms with Crippen LogP contribution in [0.25, 0.3) is 0 Å². The van der Waals surface area contributed by atoms with Crippen LogP contribution >= 0.6 is 0 Å². The highest BCUT2D eigenvalue weighted by Crippen LogP contribution is 2.24. The van der Waals surface area contributed by atoms with Crippen molar-refractivity contribution in [1.29, 1.82) is 0 Å². The van der Waals surface area contributed by atoms with Crippen molar-refractivity contribution in [1.82, 2.24) is 14.9 Å². The molecule has 0 bridgehead atoms. The van der Waals surface area contributed by atoms with Crippen LogP contribution in [0.1, 0.15) is 29.9 Å². The van der Waals surface area contributed by atoms with Crippen LogP contribution in [0.3, 0.4) is 0 Å². The summed E-state index contributed by atoms with van der Waals surface area (Å²) in [6.45, 7) is 1.61. The van der Waals surface area contributed by atoms with Crippen molar-refractivity contribution in [2.24, 2.45) is 0 Å². The maximum atomic E-state index is 12.8. The smallest absolute Gasteiger partial charge is 0.232 e. The average molecular weight is 333 g/mol. The van der Waals surface area contributed by atoms with Gasteiger partial charge in [0.25, 0.3) is 0 Å². The van der Waals surface area contributed by atoms with Gasteiger partial charge in [0.05, 0.1) is 12.2 Å². The van der Waals surface area contributed by atoms with Gasteiger partial charge in [-0.15, -0.1) is 0 Å². The Hall–Kier alpha value is -2.88. The Morgan fingerprint density at radius 3 is 2.16 bits per heavy atom. The quantitative estimate of drug-likeness (QED) is 0.640. The van der Waals surface area contributed by atoms with Crippen LogP contribution in [0.15, 0.2) is 79.4 Å². The lowest BCUT2D eigenvalue weighted by Crippen LogP contribution is -2.31. The zero-order valence-corrected chi connectivity index (χ0v) is 14.2. The third kappa shape index (κ3) is 4.80. The van der Waals surface area contributed by atoms with E-state index in [0.29, 0.717) is 6.54 Å². The summed E-state index contributed by atoms with van der Waals surface area (Å²) in [7, 11) is 0. The van der Waals surface area contributed by atoms with E-state index in [0.717, 1.165) is 30.5 Å². The molecular weight excluding hydrogens is 310 g/mol. The monoisotopic (exact) mass is 333 g/mol. The van der Waals surface area contributed by atoms with Gasteiger partial charge in [-0.2, -0.15) is 0 Å². The molecule has 1 N–H and O–H groups in total. The molecule has 0 fully saturated rings. The molecule has 0 aliphatic rings. The van der Waals surface area contributed by atoms with Gasteiger partial charge in [-0.05, 0) is 24.0 Å². The fourth-order valence-corrected chi connectivity index (χ4v) is 2.94. The molecule has 4 nitrogen and oxygen atoms in total. The average Bonchev–Trinajstić information content (AvgIpc) is 3.17. The molecule has 3 rings (SSSR count). The normalized spacial score (nSPS) is 10.8. The minimum absolute atomic E-state index is 0.0556. The second-order valence-corrected chi connectivity index (χ2v) is 6.05. The largest absolute Gasteiger partial charge is 0.355 e. The number of hydrogen-bond acceptors (Lipinski definition) is 2. The van der Waals surface area contributed by atoms with E-state index in [4.69, 9.17) is 0 Å². The highest BCUT2D eigenvalue weighted by Gasteiger charge is 2.21. The number of carbonyl (C=O) groups is 1. The van der Waals surface area contributed by atoms with Gasteiger partial charge < -0.3 is 9.88 Å². The maximum Gasteiger partial charge on any atom is 0.232 e. The van der Waals surface area contributed by atoms with Crippen molar-refractivity contribution in [3.63, 3.8) is 0 Å². The summed E-state index contributed by atoms with van der Waals surface area (Å²) >= 11 is 0. The van der Waals surface area contributed by atoms with Crippen molar-refractivity contribution >= 4 is 5.91 Å². The highest BCUT2D eigenvalue weighted by molar-refractivity contribution is 5.87. The van der Waals surface area contributed by atoms with E-state index in [1.165, 1.54) is 0 Å². The predicted molar refractivity (Wildman–Crippen MR) is 99.2 cm³/mol. The predicted octanol–water partition coefficient (Wildman–Crippen LogP) is 3.61. The number of aromatic nitrogens is 2. The number of nitrogens with zero attached hydrogens (tertiary/aromatic N) is 2. The van der Waals surface area contributed by atoms with Crippen molar-refractivity contribution in [2.75, 3.05) is 6.54 Å². The summed E-state index contributed by atoms with van der Waals surface area (Å²) in [5.41, 5.74) is 2.04. The number of carbonyl (C=O) groups excluding carboxylic acids is 1. The van der Waals surface area contributed by atoms with Gasteiger partial charge in [-0.1, -0.05) is 60.7 Å². The van der Waals surface area contributed by atoms with E-state index in [9.17, 15) is 4.79 Å². The van der Waals surface area contributed by atoms with Crippen LogP contribution in [0.5, 0.6) is 0 Å². The number of nitrogens with one attached hydrogen (secondary N) is 1. The first kappa shape index (κ1) is 17.0. The van der Waals surface area contributed by atoms with Gasteiger partial charge in [0.2, 0.25) is 5.91 Å². The lowest BCUT2D eigenvalue weighted by Gasteiger charge is -2.18. The van der Waals surface area contributed by atoms with E-state index in [1.54, 1.807) is 6.20 Å². The van der Waals surface area contributed by atoms with Crippen molar-refractivity contribution < 1.29 is 4.79 Å². The summed E-state index contributed by atoms with van der Waals surface area (Å²) in [6.07, 6.45) is 7.52. The van der Waals surface area contributed by atoms with Crippen molar-refractivity contribution in [3.05, 3.63) is 90.5 Å². The van der Waals surface area contributed by atoms with Gasteiger partial charge in [0.15, 0.2) is 0 Å². The fourth-order valence-electron chi connectivity index (χ4n) is 2.94. The number of unbranched alkanes of at least 4 members (excludes halogenated alkanes) is 1. The third-order valence-corrected chi connectivity index (χ3v) is 4.23. The van der Waals surface area contributed by atoms with Gasteiger partial charge in [-0.3, -0.25) is 4.79 Å². The van der Waals surface area contributed by atoms with Crippen LogP contribution in [0.2, 0.25) is 0 Å². The molecule has 2 aromatic carbocycles. The Morgan fingerprint density at radius 2 is 1.60 bits per heavy atom. The Kier molecular flexibility index (Phi) is 5.99. The van der Waals surface area contributed by atoms with Crippen LogP contribution in [-0.2, 0) is 11.3 Å². The third-order valence-electron chi connectivity index (χ3n) is 4.23. The van der Waals surface area contributed by atoms with Crippen LogP contribution in [0, 0.1) is 0 Å². The molecule has 0 saturated carbocycles. The first-order valence-corrected chi connectivity index (χ1v) is 8.68. The number of benzene rings is 2. The summed E-state index contributed by atoms with van der Waals surface area (Å²) < 4.78 is 2.05. The molecule has 0 aliphatic heterocycles. The Balaban J connectivity index is 1.58. The van der Waals surface area contributed by atoms with Crippen molar-refractivity contribution in [2.45, 2.75) is 25.3 Å². The molecule has 0 aliphatic carbocycles. The number of imidazole rings is 1.